The molecule has 74 valence electrons. The molecule has 0 spiro atoms. The highest BCUT2D eigenvalue weighted by atomic mass is 19.1. The molecule has 3 aromatic rings. The Bertz CT molecular complexity index is 600. The highest BCUT2D eigenvalue weighted by Gasteiger charge is 2.11. The highest BCUT2D eigenvalue weighted by Crippen LogP contribution is 2.25. The van der Waals surface area contributed by atoms with Crippen LogP contribution in [0.25, 0.3) is 22.5 Å². The Morgan fingerprint density at radius 3 is 3.00 bits per heavy atom. The van der Waals surface area contributed by atoms with E-state index in [9.17, 15) is 4.39 Å². The van der Waals surface area contributed by atoms with Crippen LogP contribution in [-0.4, -0.2) is 15.0 Å². The van der Waals surface area contributed by atoms with Crippen molar-refractivity contribution in [3.05, 3.63) is 36.7 Å². The van der Waals surface area contributed by atoms with Gasteiger partial charge in [-0.3, -0.25) is 0 Å². The summed E-state index contributed by atoms with van der Waals surface area (Å²) in [6, 6.07) is 5.24. The molecule has 5 heteroatoms. The molecule has 0 bridgehead atoms. The number of aromatic amines is 1. The van der Waals surface area contributed by atoms with Gasteiger partial charge in [-0.05, 0) is 18.2 Å². The molecule has 3 rings (SSSR count). The minimum absolute atomic E-state index is 0.462. The van der Waals surface area contributed by atoms with Crippen molar-refractivity contribution in [3.8, 4) is 11.5 Å². The van der Waals surface area contributed by atoms with Crippen molar-refractivity contribution in [2.45, 2.75) is 0 Å². The number of nitrogens with one attached hydrogen (secondary N) is 1. The van der Waals surface area contributed by atoms with E-state index in [1.807, 2.05) is 0 Å². The van der Waals surface area contributed by atoms with E-state index in [0.717, 1.165) is 5.39 Å². The van der Waals surface area contributed by atoms with Gasteiger partial charge < -0.3 is 9.40 Å². The number of furan rings is 1. The smallest absolute Gasteiger partial charge is 0.311 e. The lowest BCUT2D eigenvalue weighted by atomic mass is 10.2. The first kappa shape index (κ1) is 8.16. The molecule has 0 unspecified atom stereocenters. The summed E-state index contributed by atoms with van der Waals surface area (Å²) < 4.78 is 18.3. The fourth-order valence-electron chi connectivity index (χ4n) is 1.52. The summed E-state index contributed by atoms with van der Waals surface area (Å²) in [5, 5.41) is 0.742. The van der Waals surface area contributed by atoms with E-state index >= 15 is 0 Å². The summed E-state index contributed by atoms with van der Waals surface area (Å²) in [6.45, 7) is 0. The first-order valence-corrected chi connectivity index (χ1v) is 4.39. The number of halogens is 1. The second kappa shape index (κ2) is 2.91. The Balaban J connectivity index is 2.38. The summed E-state index contributed by atoms with van der Waals surface area (Å²) in [7, 11) is 0. The van der Waals surface area contributed by atoms with Crippen molar-refractivity contribution >= 4 is 11.0 Å². The Kier molecular flexibility index (Phi) is 1.58. The summed E-state index contributed by atoms with van der Waals surface area (Å²) in [5.74, 6) is 0.529. The number of hydrogen-bond acceptors (Lipinski definition) is 3. The molecule has 0 saturated carbocycles. The van der Waals surface area contributed by atoms with Crippen LogP contribution >= 0.6 is 0 Å². The molecule has 15 heavy (non-hydrogen) atoms. The van der Waals surface area contributed by atoms with Gasteiger partial charge >= 0.3 is 6.08 Å². The van der Waals surface area contributed by atoms with Crippen molar-refractivity contribution in [3.63, 3.8) is 0 Å². The Morgan fingerprint density at radius 2 is 2.20 bits per heavy atom. The molecule has 0 atom stereocenters. The quantitative estimate of drug-likeness (QED) is 0.617. The first-order chi connectivity index (χ1) is 7.34. The molecular weight excluding hydrogens is 197 g/mol. The van der Waals surface area contributed by atoms with Crippen molar-refractivity contribution in [1.29, 1.82) is 0 Å². The summed E-state index contributed by atoms with van der Waals surface area (Å²) in [4.78, 5) is 10.2. The Hall–Kier alpha value is -2.17. The number of rotatable bonds is 1. The van der Waals surface area contributed by atoms with Gasteiger partial charge in [0.15, 0.2) is 5.76 Å². The monoisotopic (exact) mass is 203 g/mol. The lowest BCUT2D eigenvalue weighted by Crippen LogP contribution is -1.92. The van der Waals surface area contributed by atoms with E-state index in [1.165, 1.54) is 6.26 Å². The van der Waals surface area contributed by atoms with Crippen LogP contribution in [-0.2, 0) is 0 Å². The zero-order chi connectivity index (χ0) is 10.3. The Morgan fingerprint density at radius 1 is 1.27 bits per heavy atom. The predicted octanol–water partition coefficient (Wildman–Crippen LogP) is 2.36. The largest absolute Gasteiger partial charge is 0.463 e. The molecule has 3 aromatic heterocycles. The minimum Gasteiger partial charge on any atom is -0.463 e. The minimum atomic E-state index is -0.767. The van der Waals surface area contributed by atoms with Crippen LogP contribution in [0.4, 0.5) is 4.39 Å². The molecule has 0 radical (unpaired) electrons. The van der Waals surface area contributed by atoms with E-state index in [2.05, 4.69) is 15.0 Å². The molecule has 0 aromatic carbocycles. The molecule has 1 N–H and O–H groups in total. The second-order valence-electron chi connectivity index (χ2n) is 3.06. The van der Waals surface area contributed by atoms with Crippen molar-refractivity contribution in [1.82, 2.24) is 15.0 Å². The number of nitrogens with zero attached hydrogens (tertiary/aromatic N) is 2. The number of aromatic nitrogens is 3. The fourth-order valence-corrected chi connectivity index (χ4v) is 1.52. The molecule has 0 saturated heterocycles. The maximum absolute atomic E-state index is 13.1. The van der Waals surface area contributed by atoms with Crippen molar-refractivity contribution in [2.24, 2.45) is 0 Å². The number of hydrogen-bond donors (Lipinski definition) is 1. The van der Waals surface area contributed by atoms with Gasteiger partial charge in [-0.15, -0.1) is 0 Å². The normalized spacial score (nSPS) is 11.0. The first-order valence-electron chi connectivity index (χ1n) is 4.39. The third kappa shape index (κ3) is 1.20. The third-order valence-electron chi connectivity index (χ3n) is 2.14. The van der Waals surface area contributed by atoms with E-state index in [4.69, 9.17) is 4.42 Å². The van der Waals surface area contributed by atoms with Gasteiger partial charge in [-0.25, -0.2) is 0 Å². The van der Waals surface area contributed by atoms with E-state index in [-0.39, 0.29) is 0 Å². The van der Waals surface area contributed by atoms with Gasteiger partial charge in [0.2, 0.25) is 0 Å². The average Bonchev–Trinajstić information content (AvgIpc) is 2.86. The number of fused-ring (bicyclic) bond motifs is 1. The van der Waals surface area contributed by atoms with Gasteiger partial charge in [0.05, 0.1) is 6.26 Å². The zero-order valence-electron chi connectivity index (χ0n) is 7.57. The van der Waals surface area contributed by atoms with Crippen LogP contribution in [0.3, 0.4) is 0 Å². The van der Waals surface area contributed by atoms with Gasteiger partial charge in [0, 0.05) is 11.6 Å². The lowest BCUT2D eigenvalue weighted by Gasteiger charge is -1.97. The van der Waals surface area contributed by atoms with Crippen LogP contribution in [0, 0.1) is 6.08 Å². The molecular formula is C10H6FN3O. The van der Waals surface area contributed by atoms with E-state index in [0.29, 0.717) is 17.1 Å². The van der Waals surface area contributed by atoms with Crippen molar-refractivity contribution in [2.75, 3.05) is 0 Å². The molecule has 0 aliphatic rings. The molecule has 0 aliphatic heterocycles. The van der Waals surface area contributed by atoms with Gasteiger partial charge in [0.25, 0.3) is 0 Å². The lowest BCUT2D eigenvalue weighted by molar-refractivity contribution is 0.537. The molecule has 0 aliphatic carbocycles. The maximum atomic E-state index is 13.1. The van der Waals surface area contributed by atoms with E-state index in [1.54, 1.807) is 24.4 Å². The Labute approximate surface area is 83.8 Å². The molecule has 0 amide bonds. The van der Waals surface area contributed by atoms with Crippen LogP contribution in [0.1, 0.15) is 0 Å². The number of H-pyrrole nitrogens is 1. The topological polar surface area (TPSA) is 54.7 Å². The molecule has 3 heterocycles. The fraction of sp³-hybridized carbons (Fsp3) is 0. The average molecular weight is 203 g/mol. The van der Waals surface area contributed by atoms with Crippen LogP contribution in [0.15, 0.2) is 35.1 Å². The highest BCUT2D eigenvalue weighted by molar-refractivity contribution is 5.88. The zero-order valence-corrected chi connectivity index (χ0v) is 7.57. The van der Waals surface area contributed by atoms with Crippen LogP contribution in [0.2, 0.25) is 0 Å². The standard InChI is InChI=1S/C10H6FN3O/c11-10-13-8(7-2-1-5-15-7)6-3-4-12-9(6)14-10/h1-5H,(H,12,13,14). The van der Waals surface area contributed by atoms with Gasteiger partial charge in [-0.1, -0.05) is 0 Å². The summed E-state index contributed by atoms with van der Waals surface area (Å²) in [5.41, 5.74) is 0.928. The van der Waals surface area contributed by atoms with Crippen LogP contribution in [0.5, 0.6) is 0 Å². The SMILES string of the molecule is Fc1nc(-c2ccco2)c2cc[nH]c2n1. The van der Waals surface area contributed by atoms with Gasteiger partial charge in [0.1, 0.15) is 11.3 Å². The van der Waals surface area contributed by atoms with Crippen LogP contribution < -0.4 is 0 Å². The molecule has 0 fully saturated rings. The maximum Gasteiger partial charge on any atom is 0.311 e. The van der Waals surface area contributed by atoms with E-state index < -0.39 is 6.08 Å². The molecule has 4 nitrogen and oxygen atoms in total. The summed E-state index contributed by atoms with van der Waals surface area (Å²) >= 11 is 0. The van der Waals surface area contributed by atoms with Crippen molar-refractivity contribution < 1.29 is 8.81 Å². The summed E-state index contributed by atoms with van der Waals surface area (Å²) in [6.07, 6.45) is 2.44. The third-order valence-corrected chi connectivity index (χ3v) is 2.14. The predicted molar refractivity (Wildman–Crippen MR) is 51.5 cm³/mol. The second-order valence-corrected chi connectivity index (χ2v) is 3.06. The van der Waals surface area contributed by atoms with Gasteiger partial charge in [-0.2, -0.15) is 14.4 Å².